The van der Waals surface area contributed by atoms with E-state index in [9.17, 15) is 4.79 Å². The molecule has 0 bridgehead atoms. The van der Waals surface area contributed by atoms with E-state index < -0.39 is 0 Å². The Bertz CT molecular complexity index is 645. The Hall–Kier alpha value is -2.01. The molecule has 5 heteroatoms. The molecule has 0 atom stereocenters. The topological polar surface area (TPSA) is 50.8 Å². The number of hydrogen-bond acceptors (Lipinski definition) is 4. The van der Waals surface area contributed by atoms with Gasteiger partial charge >= 0.3 is 0 Å². The average Bonchev–Trinajstić information content (AvgIpc) is 3.25. The minimum Gasteiger partial charge on any atom is -0.493 e. The van der Waals surface area contributed by atoms with Crippen LogP contribution in [0.5, 0.6) is 11.5 Å². The van der Waals surface area contributed by atoms with Gasteiger partial charge in [-0.05, 0) is 68.5 Å². The fraction of sp³-hybridized carbons (Fsp3) is 0.591. The van der Waals surface area contributed by atoms with E-state index in [4.69, 9.17) is 9.47 Å². The fourth-order valence-electron chi connectivity index (χ4n) is 4.22. The molecule has 2 fully saturated rings. The molecule has 1 saturated heterocycles. The minimum atomic E-state index is -0.0389. The quantitative estimate of drug-likeness (QED) is 0.745. The third kappa shape index (κ3) is 5.48. The molecule has 1 N–H and O–H groups in total. The number of benzene rings is 1. The summed E-state index contributed by atoms with van der Waals surface area (Å²) in [4.78, 5) is 14.8. The van der Waals surface area contributed by atoms with Crippen LogP contribution in [0.4, 0.5) is 0 Å². The zero-order chi connectivity index (χ0) is 19.1. The number of rotatable bonds is 7. The predicted molar refractivity (Wildman–Crippen MR) is 108 cm³/mol. The van der Waals surface area contributed by atoms with E-state index in [0.717, 1.165) is 18.2 Å². The second-order valence-electron chi connectivity index (χ2n) is 7.61. The summed E-state index contributed by atoms with van der Waals surface area (Å²) < 4.78 is 10.5. The molecule has 0 unspecified atom stereocenters. The summed E-state index contributed by atoms with van der Waals surface area (Å²) >= 11 is 0. The molecular formula is C22H32N2O3. The second-order valence-corrected chi connectivity index (χ2v) is 7.61. The van der Waals surface area contributed by atoms with E-state index in [1.165, 1.54) is 51.6 Å². The summed E-state index contributed by atoms with van der Waals surface area (Å²) in [6.45, 7) is 3.15. The second kappa shape index (κ2) is 9.79. The molecule has 1 saturated carbocycles. The van der Waals surface area contributed by atoms with E-state index in [1.54, 1.807) is 26.4 Å². The van der Waals surface area contributed by atoms with Crippen molar-refractivity contribution in [3.63, 3.8) is 0 Å². The van der Waals surface area contributed by atoms with Gasteiger partial charge in [-0.2, -0.15) is 0 Å². The van der Waals surface area contributed by atoms with Gasteiger partial charge in [0.1, 0.15) is 0 Å². The van der Waals surface area contributed by atoms with Crippen LogP contribution < -0.4 is 14.8 Å². The summed E-state index contributed by atoms with van der Waals surface area (Å²) in [7, 11) is 3.22. The SMILES string of the molecule is COc1ccc(/C=C/C(=O)NCC2CCN(C3CCCC3)CC2)cc1OC. The van der Waals surface area contributed by atoms with Crippen molar-refractivity contribution >= 4 is 12.0 Å². The van der Waals surface area contributed by atoms with Crippen molar-refractivity contribution in [1.29, 1.82) is 0 Å². The van der Waals surface area contributed by atoms with Crippen LogP contribution in [0.1, 0.15) is 44.1 Å². The highest BCUT2D eigenvalue weighted by molar-refractivity contribution is 5.91. The van der Waals surface area contributed by atoms with Crippen molar-refractivity contribution in [3.8, 4) is 11.5 Å². The normalized spacial score (nSPS) is 19.5. The highest BCUT2D eigenvalue weighted by Gasteiger charge is 2.26. The lowest BCUT2D eigenvalue weighted by Gasteiger charge is -2.36. The first-order valence-electron chi connectivity index (χ1n) is 10.1. The smallest absolute Gasteiger partial charge is 0.244 e. The number of piperidine rings is 1. The van der Waals surface area contributed by atoms with Crippen LogP contribution in [0.25, 0.3) is 6.08 Å². The van der Waals surface area contributed by atoms with E-state index in [0.29, 0.717) is 17.4 Å². The minimum absolute atomic E-state index is 0.0389. The summed E-state index contributed by atoms with van der Waals surface area (Å²) in [6.07, 6.45) is 11.3. The first kappa shape index (κ1) is 19.7. The monoisotopic (exact) mass is 372 g/mol. The highest BCUT2D eigenvalue weighted by Crippen LogP contribution is 2.28. The molecule has 1 aliphatic heterocycles. The Labute approximate surface area is 162 Å². The van der Waals surface area contributed by atoms with Gasteiger partial charge in [-0.3, -0.25) is 4.79 Å². The molecule has 0 aromatic heterocycles. The molecule has 1 heterocycles. The maximum Gasteiger partial charge on any atom is 0.244 e. The average molecular weight is 373 g/mol. The predicted octanol–water partition coefficient (Wildman–Crippen LogP) is 3.49. The standard InChI is InChI=1S/C22H32N2O3/c1-26-20-9-7-17(15-21(20)27-2)8-10-22(25)23-16-18-11-13-24(14-12-18)19-5-3-4-6-19/h7-10,15,18-19H,3-6,11-14,16H2,1-2H3,(H,23,25)/b10-8+. The van der Waals surface area contributed by atoms with Crippen LogP contribution in [0, 0.1) is 5.92 Å². The van der Waals surface area contributed by atoms with Crippen LogP contribution in [0.3, 0.4) is 0 Å². The van der Waals surface area contributed by atoms with Crippen LogP contribution >= 0.6 is 0 Å². The lowest BCUT2D eigenvalue weighted by atomic mass is 9.95. The molecule has 1 aromatic carbocycles. The Kier molecular flexibility index (Phi) is 7.16. The molecular weight excluding hydrogens is 340 g/mol. The summed E-state index contributed by atoms with van der Waals surface area (Å²) in [6, 6.07) is 6.43. The molecule has 1 aromatic rings. The van der Waals surface area contributed by atoms with Crippen molar-refractivity contribution < 1.29 is 14.3 Å². The maximum atomic E-state index is 12.1. The number of methoxy groups -OCH3 is 2. The van der Waals surface area contributed by atoms with Crippen molar-refractivity contribution in [2.75, 3.05) is 33.9 Å². The first-order chi connectivity index (χ1) is 13.2. The van der Waals surface area contributed by atoms with Gasteiger partial charge in [-0.25, -0.2) is 0 Å². The van der Waals surface area contributed by atoms with Crippen molar-refractivity contribution in [2.24, 2.45) is 5.92 Å². The molecule has 0 radical (unpaired) electrons. The van der Waals surface area contributed by atoms with E-state index in [-0.39, 0.29) is 5.91 Å². The van der Waals surface area contributed by atoms with E-state index in [1.807, 2.05) is 18.2 Å². The lowest BCUT2D eigenvalue weighted by Crippen LogP contribution is -2.42. The number of nitrogens with zero attached hydrogens (tertiary/aromatic N) is 1. The molecule has 3 rings (SSSR count). The molecule has 27 heavy (non-hydrogen) atoms. The van der Waals surface area contributed by atoms with Crippen molar-refractivity contribution in [2.45, 2.75) is 44.6 Å². The first-order valence-corrected chi connectivity index (χ1v) is 10.1. The van der Waals surface area contributed by atoms with Gasteiger partial charge in [-0.1, -0.05) is 18.9 Å². The van der Waals surface area contributed by atoms with E-state index in [2.05, 4.69) is 10.2 Å². The number of amides is 1. The third-order valence-electron chi connectivity index (χ3n) is 5.89. The third-order valence-corrected chi connectivity index (χ3v) is 5.89. The molecule has 2 aliphatic rings. The van der Waals surface area contributed by atoms with Gasteiger partial charge in [0.2, 0.25) is 5.91 Å². The Balaban J connectivity index is 1.41. The molecule has 1 amide bonds. The highest BCUT2D eigenvalue weighted by atomic mass is 16.5. The van der Waals surface area contributed by atoms with Crippen LogP contribution in [-0.4, -0.2) is 50.7 Å². The molecule has 0 spiro atoms. The maximum absolute atomic E-state index is 12.1. The number of carbonyl (C=O) groups is 1. The van der Waals surface area contributed by atoms with Crippen molar-refractivity contribution in [1.82, 2.24) is 10.2 Å². The van der Waals surface area contributed by atoms with Crippen LogP contribution in [0.2, 0.25) is 0 Å². The molecule has 148 valence electrons. The largest absolute Gasteiger partial charge is 0.493 e. The Morgan fingerprint density at radius 2 is 1.81 bits per heavy atom. The number of likely N-dealkylation sites (tertiary alicyclic amines) is 1. The Morgan fingerprint density at radius 3 is 2.48 bits per heavy atom. The number of carbonyl (C=O) groups excluding carboxylic acids is 1. The zero-order valence-electron chi connectivity index (χ0n) is 16.6. The van der Waals surface area contributed by atoms with Gasteiger partial charge in [0.25, 0.3) is 0 Å². The lowest BCUT2D eigenvalue weighted by molar-refractivity contribution is -0.116. The number of ether oxygens (including phenoxy) is 2. The van der Waals surface area contributed by atoms with Gasteiger partial charge in [0.15, 0.2) is 11.5 Å². The van der Waals surface area contributed by atoms with Gasteiger partial charge in [0, 0.05) is 18.7 Å². The zero-order valence-corrected chi connectivity index (χ0v) is 16.6. The molecule has 5 nitrogen and oxygen atoms in total. The fourth-order valence-corrected chi connectivity index (χ4v) is 4.22. The molecule has 1 aliphatic carbocycles. The van der Waals surface area contributed by atoms with Gasteiger partial charge in [-0.15, -0.1) is 0 Å². The van der Waals surface area contributed by atoms with Gasteiger partial charge in [0.05, 0.1) is 14.2 Å². The van der Waals surface area contributed by atoms with Crippen LogP contribution in [0.15, 0.2) is 24.3 Å². The number of nitrogens with one attached hydrogen (secondary N) is 1. The Morgan fingerprint density at radius 1 is 1.11 bits per heavy atom. The summed E-state index contributed by atoms with van der Waals surface area (Å²) in [5.41, 5.74) is 0.910. The van der Waals surface area contributed by atoms with Gasteiger partial charge < -0.3 is 19.7 Å². The number of hydrogen-bond donors (Lipinski definition) is 1. The van der Waals surface area contributed by atoms with E-state index >= 15 is 0 Å². The van der Waals surface area contributed by atoms with Crippen molar-refractivity contribution in [3.05, 3.63) is 29.8 Å². The summed E-state index contributed by atoms with van der Waals surface area (Å²) in [5.74, 6) is 1.90. The summed E-state index contributed by atoms with van der Waals surface area (Å²) in [5, 5.41) is 3.06. The van der Waals surface area contributed by atoms with Crippen LogP contribution in [-0.2, 0) is 4.79 Å².